The lowest BCUT2D eigenvalue weighted by atomic mass is 9.85. The van der Waals surface area contributed by atoms with Gasteiger partial charge in [0.2, 0.25) is 0 Å². The summed E-state index contributed by atoms with van der Waals surface area (Å²) < 4.78 is 5.81. The van der Waals surface area contributed by atoms with Gasteiger partial charge in [-0.1, -0.05) is 13.8 Å². The molecule has 0 heterocycles. The van der Waals surface area contributed by atoms with Crippen molar-refractivity contribution in [3.63, 3.8) is 0 Å². The van der Waals surface area contributed by atoms with E-state index in [1.54, 1.807) is 6.07 Å². The molecule has 0 spiro atoms. The summed E-state index contributed by atoms with van der Waals surface area (Å²) >= 11 is 4.40. The molecule has 0 aliphatic heterocycles. The Hall–Kier alpha value is -1.23. The summed E-state index contributed by atoms with van der Waals surface area (Å²) in [5, 5.41) is 10.8. The topological polar surface area (TPSA) is 52.4 Å². The van der Waals surface area contributed by atoms with Gasteiger partial charge in [-0.3, -0.25) is 10.1 Å². The molecule has 106 valence electrons. The minimum absolute atomic E-state index is 0.0279. The van der Waals surface area contributed by atoms with Crippen LogP contribution < -0.4 is 4.74 Å². The SMILES string of the molecule is CCC(CC)(CS)COc1cc([N+](=O)[O-])ccc1C. The Balaban J connectivity index is 2.87. The van der Waals surface area contributed by atoms with E-state index < -0.39 is 4.92 Å². The largest absolute Gasteiger partial charge is 0.492 e. The Morgan fingerprint density at radius 2 is 2.00 bits per heavy atom. The Bertz CT molecular complexity index is 436. The number of ether oxygens (including phenoxy) is 1. The molecule has 0 radical (unpaired) electrons. The van der Waals surface area contributed by atoms with E-state index in [-0.39, 0.29) is 11.1 Å². The van der Waals surface area contributed by atoms with Crippen LogP contribution in [0.15, 0.2) is 18.2 Å². The molecule has 0 saturated heterocycles. The van der Waals surface area contributed by atoms with Crippen LogP contribution in [0, 0.1) is 22.5 Å². The Kier molecular flexibility index (Phi) is 5.66. The first kappa shape index (κ1) is 15.8. The molecule has 1 aromatic carbocycles. The maximum Gasteiger partial charge on any atom is 0.273 e. The molecule has 0 unspecified atom stereocenters. The highest BCUT2D eigenvalue weighted by atomic mass is 32.1. The minimum Gasteiger partial charge on any atom is -0.492 e. The van der Waals surface area contributed by atoms with Crippen LogP contribution in [0.1, 0.15) is 32.3 Å². The van der Waals surface area contributed by atoms with Gasteiger partial charge < -0.3 is 4.74 Å². The molecular weight excluding hydrogens is 262 g/mol. The van der Waals surface area contributed by atoms with Crippen molar-refractivity contribution in [3.05, 3.63) is 33.9 Å². The van der Waals surface area contributed by atoms with Crippen LogP contribution in [0.3, 0.4) is 0 Å². The van der Waals surface area contributed by atoms with E-state index in [1.807, 2.05) is 6.92 Å². The maximum absolute atomic E-state index is 10.8. The number of benzene rings is 1. The predicted octanol–water partition coefficient (Wildman–Crippen LogP) is 4.02. The van der Waals surface area contributed by atoms with Gasteiger partial charge in [-0.25, -0.2) is 0 Å². The first-order chi connectivity index (χ1) is 8.98. The average molecular weight is 283 g/mol. The van der Waals surface area contributed by atoms with Crippen LogP contribution in [0.4, 0.5) is 5.69 Å². The number of hydrogen-bond donors (Lipinski definition) is 1. The molecule has 5 heteroatoms. The zero-order valence-corrected chi connectivity index (χ0v) is 12.6. The minimum atomic E-state index is -0.405. The molecule has 0 atom stereocenters. The van der Waals surface area contributed by atoms with Gasteiger partial charge in [0.05, 0.1) is 17.6 Å². The maximum atomic E-state index is 10.8. The summed E-state index contributed by atoms with van der Waals surface area (Å²) in [7, 11) is 0. The summed E-state index contributed by atoms with van der Waals surface area (Å²) in [5.41, 5.74) is 0.996. The van der Waals surface area contributed by atoms with Crippen molar-refractivity contribution in [1.29, 1.82) is 0 Å². The van der Waals surface area contributed by atoms with Crippen LogP contribution in [0.5, 0.6) is 5.75 Å². The molecule has 4 nitrogen and oxygen atoms in total. The van der Waals surface area contributed by atoms with Crippen molar-refractivity contribution < 1.29 is 9.66 Å². The van der Waals surface area contributed by atoms with Gasteiger partial charge in [0, 0.05) is 11.5 Å². The van der Waals surface area contributed by atoms with Gasteiger partial charge in [-0.05, 0) is 37.1 Å². The Morgan fingerprint density at radius 3 is 2.47 bits per heavy atom. The number of nitro groups is 1. The fourth-order valence-corrected chi connectivity index (χ4v) is 2.35. The van der Waals surface area contributed by atoms with Crippen LogP contribution >= 0.6 is 12.6 Å². The van der Waals surface area contributed by atoms with Gasteiger partial charge in [0.25, 0.3) is 5.69 Å². The molecule has 0 bridgehead atoms. The molecule has 0 N–H and O–H groups in total. The summed E-state index contributed by atoms with van der Waals surface area (Å²) in [5.74, 6) is 1.33. The molecule has 19 heavy (non-hydrogen) atoms. The van der Waals surface area contributed by atoms with Crippen LogP contribution in [-0.4, -0.2) is 17.3 Å². The number of aryl methyl sites for hydroxylation is 1. The number of hydrogen-bond acceptors (Lipinski definition) is 4. The standard InChI is InChI=1S/C14H21NO3S/c1-4-14(5-2,10-19)9-18-13-8-12(15(16)17)7-6-11(13)3/h6-8,19H,4-5,9-10H2,1-3H3. The monoisotopic (exact) mass is 283 g/mol. The van der Waals surface area contributed by atoms with E-state index in [2.05, 4.69) is 26.5 Å². The van der Waals surface area contributed by atoms with Crippen molar-refractivity contribution in [2.24, 2.45) is 5.41 Å². The van der Waals surface area contributed by atoms with E-state index >= 15 is 0 Å². The third-order valence-corrected chi connectivity index (χ3v) is 4.42. The van der Waals surface area contributed by atoms with E-state index in [0.29, 0.717) is 12.4 Å². The Morgan fingerprint density at radius 1 is 1.37 bits per heavy atom. The number of nitro benzene ring substituents is 1. The van der Waals surface area contributed by atoms with Gasteiger partial charge in [0.15, 0.2) is 0 Å². The highest BCUT2D eigenvalue weighted by Crippen LogP contribution is 2.31. The average Bonchev–Trinajstić information content (AvgIpc) is 2.42. The smallest absolute Gasteiger partial charge is 0.273 e. The highest BCUT2D eigenvalue weighted by molar-refractivity contribution is 7.80. The zero-order chi connectivity index (χ0) is 14.5. The van der Waals surface area contributed by atoms with Crippen molar-refractivity contribution in [2.75, 3.05) is 12.4 Å². The van der Waals surface area contributed by atoms with E-state index in [1.165, 1.54) is 12.1 Å². The lowest BCUT2D eigenvalue weighted by Crippen LogP contribution is -2.29. The second kappa shape index (κ2) is 6.80. The van der Waals surface area contributed by atoms with Gasteiger partial charge in [-0.15, -0.1) is 0 Å². The number of non-ortho nitro benzene ring substituents is 1. The molecule has 1 aromatic rings. The first-order valence-corrected chi connectivity index (χ1v) is 7.10. The summed E-state index contributed by atoms with van der Waals surface area (Å²) in [6, 6.07) is 4.70. The third kappa shape index (κ3) is 3.86. The second-order valence-electron chi connectivity index (χ2n) is 4.86. The summed E-state index contributed by atoms with van der Waals surface area (Å²) in [6.07, 6.45) is 1.95. The zero-order valence-electron chi connectivity index (χ0n) is 11.7. The Labute approximate surface area is 119 Å². The molecule has 0 aromatic heterocycles. The van der Waals surface area contributed by atoms with Gasteiger partial charge >= 0.3 is 0 Å². The van der Waals surface area contributed by atoms with Crippen molar-refractivity contribution in [1.82, 2.24) is 0 Å². The molecule has 0 aliphatic rings. The van der Waals surface area contributed by atoms with Crippen molar-refractivity contribution >= 4 is 18.3 Å². The fourth-order valence-electron chi connectivity index (χ4n) is 1.81. The van der Waals surface area contributed by atoms with Crippen molar-refractivity contribution in [3.8, 4) is 5.75 Å². The lowest BCUT2D eigenvalue weighted by molar-refractivity contribution is -0.385. The van der Waals surface area contributed by atoms with E-state index in [9.17, 15) is 10.1 Å². The molecule has 0 aliphatic carbocycles. The normalized spacial score (nSPS) is 11.4. The highest BCUT2D eigenvalue weighted by Gasteiger charge is 2.26. The molecule has 0 saturated carbocycles. The van der Waals surface area contributed by atoms with Crippen LogP contribution in [0.2, 0.25) is 0 Å². The summed E-state index contributed by atoms with van der Waals surface area (Å²) in [6.45, 7) is 6.65. The first-order valence-electron chi connectivity index (χ1n) is 6.46. The van der Waals surface area contributed by atoms with Crippen molar-refractivity contribution in [2.45, 2.75) is 33.6 Å². The van der Waals surface area contributed by atoms with Crippen LogP contribution in [0.25, 0.3) is 0 Å². The van der Waals surface area contributed by atoms with E-state index in [0.717, 1.165) is 24.2 Å². The molecule has 0 amide bonds. The summed E-state index contributed by atoms with van der Waals surface area (Å²) in [4.78, 5) is 10.4. The quantitative estimate of drug-likeness (QED) is 0.467. The fraction of sp³-hybridized carbons (Fsp3) is 0.571. The third-order valence-electron chi connectivity index (χ3n) is 3.75. The van der Waals surface area contributed by atoms with Gasteiger partial charge in [-0.2, -0.15) is 12.6 Å². The number of nitrogens with zero attached hydrogens (tertiary/aromatic N) is 1. The molecule has 1 rings (SSSR count). The number of thiol groups is 1. The van der Waals surface area contributed by atoms with Gasteiger partial charge in [0.1, 0.15) is 5.75 Å². The molecular formula is C14H21NO3S. The second-order valence-corrected chi connectivity index (χ2v) is 5.18. The van der Waals surface area contributed by atoms with Crippen LogP contribution in [-0.2, 0) is 0 Å². The predicted molar refractivity (Wildman–Crippen MR) is 80.2 cm³/mol. The molecule has 0 fully saturated rings. The number of rotatable bonds is 7. The van der Waals surface area contributed by atoms with E-state index in [4.69, 9.17) is 4.74 Å². The lowest BCUT2D eigenvalue weighted by Gasteiger charge is -2.29.